The summed E-state index contributed by atoms with van der Waals surface area (Å²) in [5.74, 6) is 0.664. The number of thiocarbonyl (C=S) groups is 1. The van der Waals surface area contributed by atoms with Gasteiger partial charge in [-0.25, -0.2) is 0 Å². The van der Waals surface area contributed by atoms with Gasteiger partial charge in [-0.3, -0.25) is 9.69 Å². The van der Waals surface area contributed by atoms with Crippen molar-refractivity contribution >= 4 is 28.9 Å². The highest BCUT2D eigenvalue weighted by atomic mass is 32.1. The molecule has 0 aliphatic carbocycles. The van der Waals surface area contributed by atoms with E-state index in [-0.39, 0.29) is 5.91 Å². The van der Waals surface area contributed by atoms with Gasteiger partial charge in [-0.2, -0.15) is 0 Å². The molecule has 2 rings (SSSR count). The van der Waals surface area contributed by atoms with Crippen LogP contribution in [0.3, 0.4) is 0 Å². The molecule has 0 radical (unpaired) electrons. The van der Waals surface area contributed by atoms with Crippen LogP contribution in [0, 0.1) is 0 Å². The second-order valence-electron chi connectivity index (χ2n) is 4.02. The van der Waals surface area contributed by atoms with Crippen molar-refractivity contribution in [1.82, 2.24) is 5.32 Å². The van der Waals surface area contributed by atoms with Crippen molar-refractivity contribution < 1.29 is 9.53 Å². The molecule has 1 heterocycles. The summed E-state index contributed by atoms with van der Waals surface area (Å²) in [5, 5.41) is 3.34. The van der Waals surface area contributed by atoms with Crippen molar-refractivity contribution in [3.05, 3.63) is 36.0 Å². The average Bonchev–Trinajstić information content (AvgIpc) is 2.67. The van der Waals surface area contributed by atoms with Crippen LogP contribution in [0.15, 0.2) is 36.0 Å². The number of ether oxygens (including phenoxy) is 1. The van der Waals surface area contributed by atoms with Gasteiger partial charge in [-0.15, -0.1) is 0 Å². The van der Waals surface area contributed by atoms with Crippen molar-refractivity contribution in [2.75, 3.05) is 11.5 Å². The maximum atomic E-state index is 12.2. The molecule has 1 aliphatic rings. The minimum Gasteiger partial charge on any atom is -0.494 e. The number of rotatable bonds is 4. The summed E-state index contributed by atoms with van der Waals surface area (Å²) in [5.41, 5.74) is 1.28. The number of amides is 1. The van der Waals surface area contributed by atoms with Crippen LogP contribution in [0.2, 0.25) is 0 Å². The number of nitrogens with zero attached hydrogens (tertiary/aromatic N) is 1. The number of carbonyl (C=O) groups is 1. The molecule has 1 aliphatic heterocycles. The SMILES string of the molecule is CC/C=C1/NC(=S)N(c2ccc(OCC)cc2)C1=O. The standard InChI is InChI=1S/C14H16N2O2S/c1-3-5-12-13(17)16(14(19)15-12)10-6-8-11(9-7-10)18-4-2/h5-9H,3-4H2,1-2H3,(H,15,19)/b12-5+. The van der Waals surface area contributed by atoms with Gasteiger partial charge in [0.15, 0.2) is 5.11 Å². The molecular weight excluding hydrogens is 260 g/mol. The van der Waals surface area contributed by atoms with E-state index in [0.717, 1.165) is 17.9 Å². The highest BCUT2D eigenvalue weighted by Crippen LogP contribution is 2.24. The van der Waals surface area contributed by atoms with E-state index in [1.165, 1.54) is 4.90 Å². The molecule has 100 valence electrons. The zero-order valence-corrected chi connectivity index (χ0v) is 11.8. The first kappa shape index (κ1) is 13.5. The third kappa shape index (κ3) is 2.76. The van der Waals surface area contributed by atoms with Crippen molar-refractivity contribution in [3.8, 4) is 5.75 Å². The van der Waals surface area contributed by atoms with E-state index in [1.807, 2.05) is 44.2 Å². The molecule has 4 nitrogen and oxygen atoms in total. The van der Waals surface area contributed by atoms with E-state index < -0.39 is 0 Å². The van der Waals surface area contributed by atoms with Gasteiger partial charge in [0, 0.05) is 0 Å². The Morgan fingerprint density at radius 1 is 1.32 bits per heavy atom. The van der Waals surface area contributed by atoms with Crippen molar-refractivity contribution in [1.29, 1.82) is 0 Å². The van der Waals surface area contributed by atoms with Crippen LogP contribution in [0.25, 0.3) is 0 Å². The van der Waals surface area contributed by atoms with E-state index >= 15 is 0 Å². The lowest BCUT2D eigenvalue weighted by Gasteiger charge is -2.14. The molecule has 0 unspecified atom stereocenters. The summed E-state index contributed by atoms with van der Waals surface area (Å²) >= 11 is 5.20. The summed E-state index contributed by atoms with van der Waals surface area (Å²) in [4.78, 5) is 13.7. The molecule has 0 atom stereocenters. The molecule has 1 aromatic rings. The van der Waals surface area contributed by atoms with Crippen molar-refractivity contribution in [3.63, 3.8) is 0 Å². The predicted octanol–water partition coefficient (Wildman–Crippen LogP) is 2.60. The molecule has 1 saturated heterocycles. The minimum absolute atomic E-state index is 0.115. The van der Waals surface area contributed by atoms with Crippen LogP contribution in [0.1, 0.15) is 20.3 Å². The van der Waals surface area contributed by atoms with Crippen molar-refractivity contribution in [2.24, 2.45) is 0 Å². The van der Waals surface area contributed by atoms with E-state index in [2.05, 4.69) is 5.32 Å². The molecule has 1 amide bonds. The topological polar surface area (TPSA) is 41.6 Å². The molecule has 0 aromatic heterocycles. The van der Waals surface area contributed by atoms with Gasteiger partial charge >= 0.3 is 0 Å². The van der Waals surface area contributed by atoms with Crippen LogP contribution in [-0.2, 0) is 4.79 Å². The fourth-order valence-corrected chi connectivity index (χ4v) is 2.17. The molecule has 1 N–H and O–H groups in total. The zero-order valence-electron chi connectivity index (χ0n) is 11.0. The first-order valence-corrected chi connectivity index (χ1v) is 6.66. The molecule has 1 fully saturated rings. The number of carbonyl (C=O) groups excluding carboxylic acids is 1. The monoisotopic (exact) mass is 276 g/mol. The van der Waals surface area contributed by atoms with E-state index in [1.54, 1.807) is 0 Å². The van der Waals surface area contributed by atoms with E-state index in [4.69, 9.17) is 17.0 Å². The Bertz CT molecular complexity index is 523. The molecular formula is C14H16N2O2S. The maximum Gasteiger partial charge on any atom is 0.280 e. The molecule has 0 bridgehead atoms. The van der Waals surface area contributed by atoms with Gasteiger partial charge in [0.2, 0.25) is 0 Å². The van der Waals surface area contributed by atoms with Gasteiger partial charge in [0.05, 0.1) is 12.3 Å². The van der Waals surface area contributed by atoms with Crippen LogP contribution in [-0.4, -0.2) is 17.6 Å². The summed E-state index contributed by atoms with van der Waals surface area (Å²) in [6, 6.07) is 7.31. The van der Waals surface area contributed by atoms with Gasteiger partial charge in [0.25, 0.3) is 5.91 Å². The second kappa shape index (κ2) is 5.84. The van der Waals surface area contributed by atoms with Gasteiger partial charge in [-0.1, -0.05) is 13.0 Å². The Labute approximate surface area is 118 Å². The van der Waals surface area contributed by atoms with Gasteiger partial charge in [0.1, 0.15) is 11.4 Å². The van der Waals surface area contributed by atoms with E-state index in [9.17, 15) is 4.79 Å². The number of nitrogens with one attached hydrogen (secondary N) is 1. The van der Waals surface area contributed by atoms with Gasteiger partial charge < -0.3 is 10.1 Å². The molecule has 19 heavy (non-hydrogen) atoms. The number of benzene rings is 1. The smallest absolute Gasteiger partial charge is 0.280 e. The fourth-order valence-electron chi connectivity index (χ4n) is 1.87. The lowest BCUT2D eigenvalue weighted by atomic mass is 10.2. The van der Waals surface area contributed by atoms with Crippen LogP contribution >= 0.6 is 12.2 Å². The Balaban J connectivity index is 2.24. The molecule has 5 heteroatoms. The third-order valence-electron chi connectivity index (χ3n) is 2.69. The Morgan fingerprint density at radius 2 is 2.00 bits per heavy atom. The van der Waals surface area contributed by atoms with Crippen LogP contribution in [0.4, 0.5) is 5.69 Å². The van der Waals surface area contributed by atoms with Crippen LogP contribution < -0.4 is 15.0 Å². The maximum absolute atomic E-state index is 12.2. The Hall–Kier alpha value is -1.88. The first-order valence-electron chi connectivity index (χ1n) is 6.25. The highest BCUT2D eigenvalue weighted by molar-refractivity contribution is 7.80. The number of anilines is 1. The summed E-state index contributed by atoms with van der Waals surface area (Å²) in [6.45, 7) is 4.52. The Kier molecular flexibility index (Phi) is 4.16. The first-order chi connectivity index (χ1) is 9.17. The predicted molar refractivity (Wildman–Crippen MR) is 79.2 cm³/mol. The largest absolute Gasteiger partial charge is 0.494 e. The molecule has 0 spiro atoms. The minimum atomic E-state index is -0.115. The third-order valence-corrected chi connectivity index (χ3v) is 2.98. The van der Waals surface area contributed by atoms with Gasteiger partial charge in [-0.05, 0) is 49.8 Å². The number of hydrogen-bond donors (Lipinski definition) is 1. The second-order valence-corrected chi connectivity index (χ2v) is 4.41. The molecule has 1 aromatic carbocycles. The van der Waals surface area contributed by atoms with Crippen LogP contribution in [0.5, 0.6) is 5.75 Å². The summed E-state index contributed by atoms with van der Waals surface area (Å²) in [7, 11) is 0. The quantitative estimate of drug-likeness (QED) is 0.678. The number of allylic oxidation sites excluding steroid dienone is 1. The highest BCUT2D eigenvalue weighted by Gasteiger charge is 2.31. The number of hydrogen-bond acceptors (Lipinski definition) is 3. The lowest BCUT2D eigenvalue weighted by molar-refractivity contribution is -0.113. The lowest BCUT2D eigenvalue weighted by Crippen LogP contribution is -2.30. The zero-order chi connectivity index (χ0) is 13.8. The average molecular weight is 276 g/mol. The Morgan fingerprint density at radius 3 is 2.58 bits per heavy atom. The summed E-state index contributed by atoms with van der Waals surface area (Å²) < 4.78 is 5.37. The molecule has 0 saturated carbocycles. The normalized spacial score (nSPS) is 16.9. The summed E-state index contributed by atoms with van der Waals surface area (Å²) in [6.07, 6.45) is 2.62. The fraction of sp³-hybridized carbons (Fsp3) is 0.286. The van der Waals surface area contributed by atoms with Crippen molar-refractivity contribution in [2.45, 2.75) is 20.3 Å². The van der Waals surface area contributed by atoms with E-state index in [0.29, 0.717) is 17.4 Å².